The molecule has 2 N–H and O–H groups in total. The predicted octanol–water partition coefficient (Wildman–Crippen LogP) is 1.74. The molecule has 1 amide bonds. The van der Waals surface area contributed by atoms with Gasteiger partial charge in [0.05, 0.1) is 6.42 Å². The first-order valence-corrected chi connectivity index (χ1v) is 6.68. The summed E-state index contributed by atoms with van der Waals surface area (Å²) in [6.07, 6.45) is 0.0665. The van der Waals surface area contributed by atoms with Gasteiger partial charge < -0.3 is 15.2 Å². The summed E-state index contributed by atoms with van der Waals surface area (Å²) in [6, 6.07) is 2.98. The van der Waals surface area contributed by atoms with Crippen LogP contribution < -0.4 is 5.32 Å². The lowest BCUT2D eigenvalue weighted by atomic mass is 10.1. The van der Waals surface area contributed by atoms with E-state index >= 15 is 0 Å². The highest BCUT2D eigenvalue weighted by Crippen LogP contribution is 2.18. The maximum Gasteiger partial charge on any atom is 0.326 e. The van der Waals surface area contributed by atoms with E-state index in [-0.39, 0.29) is 19.4 Å². The molecule has 0 bridgehead atoms. The molecule has 0 spiro atoms. The van der Waals surface area contributed by atoms with Crippen LogP contribution in [0.15, 0.2) is 22.7 Å². The summed E-state index contributed by atoms with van der Waals surface area (Å²) >= 11 is 3.21. The Hall–Kier alpha value is -1.47. The number of hydrogen-bond acceptors (Lipinski definition) is 3. The van der Waals surface area contributed by atoms with Crippen molar-refractivity contribution in [3.63, 3.8) is 0 Å². The van der Waals surface area contributed by atoms with Gasteiger partial charge in [0.15, 0.2) is 0 Å². The SMILES string of the molecule is COCCC(NC(=O)Cc1cc(F)ccc1Br)C(=O)O. The molecule has 1 atom stereocenters. The molecule has 0 aliphatic heterocycles. The fourth-order valence-corrected chi connectivity index (χ4v) is 1.98. The summed E-state index contributed by atoms with van der Waals surface area (Å²) in [7, 11) is 1.45. The first-order chi connectivity index (χ1) is 9.43. The third-order valence-electron chi connectivity index (χ3n) is 2.60. The lowest BCUT2D eigenvalue weighted by molar-refractivity contribution is -0.142. The molecule has 0 saturated heterocycles. The number of nitrogens with one attached hydrogen (secondary N) is 1. The van der Waals surface area contributed by atoms with E-state index in [9.17, 15) is 14.0 Å². The molecule has 1 rings (SSSR count). The quantitative estimate of drug-likeness (QED) is 0.787. The van der Waals surface area contributed by atoms with Gasteiger partial charge in [0, 0.05) is 24.6 Å². The van der Waals surface area contributed by atoms with Crippen molar-refractivity contribution in [3.05, 3.63) is 34.1 Å². The van der Waals surface area contributed by atoms with Crippen LogP contribution in [0.1, 0.15) is 12.0 Å². The van der Waals surface area contributed by atoms with Gasteiger partial charge in [-0.1, -0.05) is 15.9 Å². The smallest absolute Gasteiger partial charge is 0.326 e. The molecule has 0 heterocycles. The number of benzene rings is 1. The minimum absolute atomic E-state index is 0.102. The molecule has 1 aromatic rings. The molecule has 1 unspecified atom stereocenters. The zero-order chi connectivity index (χ0) is 15.1. The van der Waals surface area contributed by atoms with Gasteiger partial charge in [-0.05, 0) is 23.8 Å². The molecule has 110 valence electrons. The van der Waals surface area contributed by atoms with Crippen molar-refractivity contribution in [2.45, 2.75) is 18.9 Å². The fourth-order valence-electron chi connectivity index (χ4n) is 1.59. The largest absolute Gasteiger partial charge is 0.480 e. The number of carbonyl (C=O) groups is 2. The molecule has 1 aromatic carbocycles. The van der Waals surface area contributed by atoms with Gasteiger partial charge in [-0.2, -0.15) is 0 Å². The van der Waals surface area contributed by atoms with E-state index in [0.29, 0.717) is 10.0 Å². The maximum absolute atomic E-state index is 13.1. The van der Waals surface area contributed by atoms with E-state index in [1.807, 2.05) is 0 Å². The Kier molecular flexibility index (Phi) is 6.60. The molecule has 5 nitrogen and oxygen atoms in total. The van der Waals surface area contributed by atoms with Gasteiger partial charge in [-0.25, -0.2) is 9.18 Å². The van der Waals surface area contributed by atoms with Crippen molar-refractivity contribution in [2.24, 2.45) is 0 Å². The molecule has 20 heavy (non-hydrogen) atoms. The van der Waals surface area contributed by atoms with Crippen molar-refractivity contribution in [1.82, 2.24) is 5.32 Å². The van der Waals surface area contributed by atoms with E-state index in [0.717, 1.165) is 0 Å². The zero-order valence-electron chi connectivity index (χ0n) is 10.9. The first-order valence-electron chi connectivity index (χ1n) is 5.89. The highest BCUT2D eigenvalue weighted by Gasteiger charge is 2.20. The van der Waals surface area contributed by atoms with Crippen molar-refractivity contribution >= 4 is 27.8 Å². The maximum atomic E-state index is 13.1. The highest BCUT2D eigenvalue weighted by atomic mass is 79.9. The van der Waals surface area contributed by atoms with Gasteiger partial charge in [-0.15, -0.1) is 0 Å². The third-order valence-corrected chi connectivity index (χ3v) is 3.38. The number of hydrogen-bond donors (Lipinski definition) is 2. The van der Waals surface area contributed by atoms with E-state index in [2.05, 4.69) is 21.2 Å². The van der Waals surface area contributed by atoms with Crippen LogP contribution in [0.3, 0.4) is 0 Å². The van der Waals surface area contributed by atoms with Gasteiger partial charge in [-0.3, -0.25) is 4.79 Å². The van der Waals surface area contributed by atoms with Gasteiger partial charge in [0.2, 0.25) is 5.91 Å². The molecule has 0 aliphatic rings. The zero-order valence-corrected chi connectivity index (χ0v) is 12.4. The monoisotopic (exact) mass is 347 g/mol. The van der Waals surface area contributed by atoms with E-state index < -0.39 is 23.7 Å². The van der Waals surface area contributed by atoms with Crippen LogP contribution in [0.5, 0.6) is 0 Å². The number of ether oxygens (including phenoxy) is 1. The number of carboxylic acids is 1. The summed E-state index contributed by atoms with van der Waals surface area (Å²) < 4.78 is 18.5. The summed E-state index contributed by atoms with van der Waals surface area (Å²) in [6.45, 7) is 0.223. The topological polar surface area (TPSA) is 75.6 Å². The van der Waals surface area contributed by atoms with Crippen molar-refractivity contribution in [3.8, 4) is 0 Å². The molecule has 7 heteroatoms. The Morgan fingerprint density at radius 1 is 1.50 bits per heavy atom. The van der Waals surface area contributed by atoms with Crippen LogP contribution in [0.4, 0.5) is 4.39 Å². The summed E-state index contributed by atoms with van der Waals surface area (Å²) in [5.41, 5.74) is 0.457. The number of halogens is 2. The van der Waals surface area contributed by atoms with E-state index in [4.69, 9.17) is 9.84 Å². The molecule has 0 saturated carbocycles. The van der Waals surface area contributed by atoms with Crippen molar-refractivity contribution < 1.29 is 23.8 Å². The molecule has 0 aliphatic carbocycles. The third kappa shape index (κ3) is 5.26. The van der Waals surface area contributed by atoms with Crippen LogP contribution in [-0.4, -0.2) is 36.7 Å². The Morgan fingerprint density at radius 2 is 2.20 bits per heavy atom. The van der Waals surface area contributed by atoms with Crippen LogP contribution in [-0.2, 0) is 20.7 Å². The van der Waals surface area contributed by atoms with Crippen LogP contribution in [0.25, 0.3) is 0 Å². The second-order valence-electron chi connectivity index (χ2n) is 4.15. The summed E-state index contributed by atoms with van der Waals surface area (Å²) in [4.78, 5) is 22.8. The Bertz CT molecular complexity index is 495. The average Bonchev–Trinajstić information content (AvgIpc) is 2.38. The lowest BCUT2D eigenvalue weighted by Crippen LogP contribution is -2.42. The van der Waals surface area contributed by atoms with Crippen LogP contribution in [0.2, 0.25) is 0 Å². The second kappa shape index (κ2) is 7.96. The van der Waals surface area contributed by atoms with Gasteiger partial charge >= 0.3 is 5.97 Å². The average molecular weight is 348 g/mol. The standard InChI is InChI=1S/C13H15BrFNO4/c1-20-5-4-11(13(18)19)16-12(17)7-8-6-9(15)2-3-10(8)14/h2-3,6,11H,4-5,7H2,1H3,(H,16,17)(H,18,19). The molecule has 0 fully saturated rings. The number of aliphatic carboxylic acids is 1. The Balaban J connectivity index is 2.65. The second-order valence-corrected chi connectivity index (χ2v) is 5.01. The number of carbonyl (C=O) groups excluding carboxylic acids is 1. The minimum atomic E-state index is -1.13. The first kappa shape index (κ1) is 16.6. The van der Waals surface area contributed by atoms with E-state index in [1.165, 1.54) is 25.3 Å². The lowest BCUT2D eigenvalue weighted by Gasteiger charge is -2.14. The normalized spacial score (nSPS) is 11.9. The number of amides is 1. The number of carboxylic acid groups (broad SMARTS) is 1. The number of methoxy groups -OCH3 is 1. The summed E-state index contributed by atoms with van der Waals surface area (Å²) in [5.74, 6) is -2.07. The predicted molar refractivity (Wildman–Crippen MR) is 73.9 cm³/mol. The van der Waals surface area contributed by atoms with Gasteiger partial charge in [0.1, 0.15) is 11.9 Å². The minimum Gasteiger partial charge on any atom is -0.480 e. The number of rotatable bonds is 7. The molecule has 0 radical (unpaired) electrons. The molecular formula is C13H15BrFNO4. The molecular weight excluding hydrogens is 333 g/mol. The summed E-state index contributed by atoms with van der Waals surface area (Å²) in [5, 5.41) is 11.4. The Labute approximate surface area is 124 Å². The van der Waals surface area contributed by atoms with Crippen molar-refractivity contribution in [1.29, 1.82) is 0 Å². The van der Waals surface area contributed by atoms with Crippen LogP contribution in [0, 0.1) is 5.82 Å². The fraction of sp³-hybridized carbons (Fsp3) is 0.385. The Morgan fingerprint density at radius 3 is 2.80 bits per heavy atom. The van der Waals surface area contributed by atoms with Crippen LogP contribution >= 0.6 is 15.9 Å². The van der Waals surface area contributed by atoms with E-state index in [1.54, 1.807) is 0 Å². The molecule has 0 aromatic heterocycles. The van der Waals surface area contributed by atoms with Gasteiger partial charge in [0.25, 0.3) is 0 Å². The van der Waals surface area contributed by atoms with Crippen molar-refractivity contribution in [2.75, 3.05) is 13.7 Å². The highest BCUT2D eigenvalue weighted by molar-refractivity contribution is 9.10.